The maximum absolute atomic E-state index is 14.2. The van der Waals surface area contributed by atoms with Gasteiger partial charge in [-0.15, -0.1) is 0 Å². The minimum Gasteiger partial charge on any atom is -0.489 e. The minimum absolute atomic E-state index is 0.00105. The second kappa shape index (κ2) is 17.7. The van der Waals surface area contributed by atoms with Gasteiger partial charge in [0.15, 0.2) is 11.9 Å². The Morgan fingerprint density at radius 1 is 0.852 bits per heavy atom. The van der Waals surface area contributed by atoms with E-state index in [0.29, 0.717) is 49.4 Å². The van der Waals surface area contributed by atoms with E-state index in [0.717, 1.165) is 27.8 Å². The summed E-state index contributed by atoms with van der Waals surface area (Å²) in [6.07, 6.45) is 2.28. The molecule has 0 radical (unpaired) electrons. The van der Waals surface area contributed by atoms with Crippen molar-refractivity contribution in [2.24, 2.45) is 0 Å². The van der Waals surface area contributed by atoms with Crippen LogP contribution in [0.25, 0.3) is 11.1 Å². The average molecular weight is 852 g/mol. The third-order valence-corrected chi connectivity index (χ3v) is 11.6. The van der Waals surface area contributed by atoms with E-state index in [4.69, 9.17) is 37.9 Å². The van der Waals surface area contributed by atoms with Crippen LogP contribution in [0.1, 0.15) is 55.4 Å². The second-order valence-corrected chi connectivity index (χ2v) is 15.7. The lowest BCUT2D eigenvalue weighted by atomic mass is 9.87. The van der Waals surface area contributed by atoms with E-state index in [2.05, 4.69) is 16.4 Å². The lowest BCUT2D eigenvalue weighted by Gasteiger charge is -2.37. The van der Waals surface area contributed by atoms with E-state index < -0.39 is 36.0 Å². The van der Waals surface area contributed by atoms with E-state index in [1.807, 2.05) is 42.5 Å². The summed E-state index contributed by atoms with van der Waals surface area (Å²) in [5.41, 5.74) is 6.97. The quantitative estimate of drug-likeness (QED) is 0.131. The first kappa shape index (κ1) is 40.8. The maximum atomic E-state index is 14.2. The van der Waals surface area contributed by atoms with Crippen molar-refractivity contribution in [3.05, 3.63) is 182 Å². The third-order valence-electron chi connectivity index (χ3n) is 10.8. The van der Waals surface area contributed by atoms with Crippen LogP contribution in [0.2, 0.25) is 10.0 Å². The molecule has 11 nitrogen and oxygen atoms in total. The number of Topliss-reactive ketones (excluding diaryl/α,β-unsaturated/α-hetero) is 1. The molecule has 3 heterocycles. The van der Waals surface area contributed by atoms with E-state index in [1.54, 1.807) is 72.8 Å². The average Bonchev–Trinajstić information content (AvgIpc) is 3.28. The number of benzene rings is 5. The van der Waals surface area contributed by atoms with Crippen LogP contribution in [0.3, 0.4) is 0 Å². The molecule has 6 aromatic rings. The first-order chi connectivity index (χ1) is 29.5. The summed E-state index contributed by atoms with van der Waals surface area (Å²) in [6, 6.07) is 33.4. The Balaban J connectivity index is 0.991. The molecule has 2 aliphatic rings. The number of amides is 2. The fraction of sp³-hybridized carbons (Fsp3) is 0.167. The van der Waals surface area contributed by atoms with E-state index >= 15 is 0 Å². The van der Waals surface area contributed by atoms with Crippen molar-refractivity contribution in [1.29, 1.82) is 5.26 Å². The van der Waals surface area contributed by atoms with Gasteiger partial charge in [0, 0.05) is 54.9 Å². The molecule has 0 saturated carbocycles. The number of nitrogens with one attached hydrogen (secondary N) is 1. The van der Waals surface area contributed by atoms with Gasteiger partial charge < -0.3 is 24.8 Å². The molecule has 5 aromatic carbocycles. The number of pyridine rings is 1. The van der Waals surface area contributed by atoms with Crippen molar-refractivity contribution in [3.63, 3.8) is 0 Å². The van der Waals surface area contributed by atoms with Gasteiger partial charge >= 0.3 is 5.97 Å². The monoisotopic (exact) mass is 850 g/mol. The van der Waals surface area contributed by atoms with Gasteiger partial charge in [-0.3, -0.25) is 19.4 Å². The number of aliphatic carboxylic acids is 1. The number of carboxylic acid groups (broad SMARTS) is 1. The molecule has 0 fully saturated rings. The van der Waals surface area contributed by atoms with Crippen molar-refractivity contribution in [2.75, 3.05) is 0 Å². The number of carbonyl (C=O) groups excluding carboxylic acids is 3. The van der Waals surface area contributed by atoms with Gasteiger partial charge in [0.05, 0.1) is 21.7 Å². The zero-order chi connectivity index (χ0) is 42.6. The normalized spacial score (nSPS) is 16.0. The highest BCUT2D eigenvalue weighted by Crippen LogP contribution is 2.38. The van der Waals surface area contributed by atoms with Crippen LogP contribution < -0.4 is 14.8 Å². The first-order valence-electron chi connectivity index (χ1n) is 19.4. The molecule has 3 atom stereocenters. The summed E-state index contributed by atoms with van der Waals surface area (Å²) in [7, 11) is 0. The molecule has 2 N–H and O–H groups in total. The Bertz CT molecular complexity index is 2690. The van der Waals surface area contributed by atoms with Crippen LogP contribution in [-0.4, -0.2) is 50.6 Å². The number of carboxylic acids is 1. The Labute approximate surface area is 361 Å². The number of carbonyl (C=O) groups is 4. The number of nitrogens with zero attached hydrogens (tertiary/aromatic N) is 3. The summed E-state index contributed by atoms with van der Waals surface area (Å²) in [5, 5.41) is 23.0. The molecule has 0 saturated heterocycles. The van der Waals surface area contributed by atoms with Gasteiger partial charge in [-0.05, 0) is 88.0 Å². The lowest BCUT2D eigenvalue weighted by molar-refractivity contribution is -0.142. The van der Waals surface area contributed by atoms with Crippen molar-refractivity contribution in [2.45, 2.75) is 50.6 Å². The van der Waals surface area contributed by atoms with E-state index in [1.165, 1.54) is 17.3 Å². The highest BCUT2D eigenvalue weighted by atomic mass is 35.5. The molecule has 1 unspecified atom stereocenters. The Morgan fingerprint density at radius 2 is 1.54 bits per heavy atom. The van der Waals surface area contributed by atoms with Crippen LogP contribution in [0.4, 0.5) is 0 Å². The van der Waals surface area contributed by atoms with Crippen LogP contribution in [0, 0.1) is 11.3 Å². The molecule has 304 valence electrons. The molecule has 0 aliphatic carbocycles. The second-order valence-electron chi connectivity index (χ2n) is 14.9. The number of ether oxygens (including phenoxy) is 2. The van der Waals surface area contributed by atoms with Gasteiger partial charge in [-0.1, -0.05) is 83.9 Å². The summed E-state index contributed by atoms with van der Waals surface area (Å²) >= 11 is 12.2. The van der Waals surface area contributed by atoms with E-state index in [9.17, 15) is 24.3 Å². The molecule has 1 aromatic heterocycles. The molecule has 2 amide bonds. The molecular weight excluding hydrogens is 815 g/mol. The highest BCUT2D eigenvalue weighted by Gasteiger charge is 2.39. The Kier molecular flexibility index (Phi) is 11.8. The van der Waals surface area contributed by atoms with Crippen molar-refractivity contribution in [1.82, 2.24) is 15.2 Å². The minimum atomic E-state index is -1.29. The SMILES string of the molecule is N#Cc1ccc(-c2ccc(C[C@H](NC(=O)[C@@H]3Cc4cc5c(cc4CN3C(=O)c3ccncc3)OC(c3ccc(OCc4ccc(Cl)c(Cl)c4)cc3)C(=O)C5)C(=O)O)cc2)cc1. The molecule has 13 heteroatoms. The summed E-state index contributed by atoms with van der Waals surface area (Å²) in [4.78, 5) is 59.8. The fourth-order valence-corrected chi connectivity index (χ4v) is 7.88. The fourth-order valence-electron chi connectivity index (χ4n) is 7.56. The first-order valence-corrected chi connectivity index (χ1v) is 20.1. The van der Waals surface area contributed by atoms with Crippen LogP contribution in [0.5, 0.6) is 11.5 Å². The predicted molar refractivity (Wildman–Crippen MR) is 227 cm³/mol. The molecule has 2 aliphatic heterocycles. The van der Waals surface area contributed by atoms with Crippen LogP contribution in [-0.2, 0) is 46.8 Å². The van der Waals surface area contributed by atoms with Crippen molar-refractivity contribution >= 4 is 46.8 Å². The number of nitriles is 1. The lowest BCUT2D eigenvalue weighted by Crippen LogP contribution is -2.56. The van der Waals surface area contributed by atoms with Crippen molar-refractivity contribution < 1.29 is 33.8 Å². The summed E-state index contributed by atoms with van der Waals surface area (Å²) in [6.45, 7) is 0.303. The van der Waals surface area contributed by atoms with Gasteiger partial charge in [0.2, 0.25) is 5.91 Å². The van der Waals surface area contributed by atoms with Gasteiger partial charge in [0.1, 0.15) is 30.2 Å². The number of aromatic nitrogens is 1. The number of ketones is 1. The number of hydrogen-bond donors (Lipinski definition) is 2. The van der Waals surface area contributed by atoms with Crippen LogP contribution in [0.15, 0.2) is 128 Å². The van der Waals surface area contributed by atoms with Crippen LogP contribution >= 0.6 is 23.2 Å². The number of halogens is 2. The molecule has 8 rings (SSSR count). The molecule has 61 heavy (non-hydrogen) atoms. The Morgan fingerprint density at radius 3 is 2.21 bits per heavy atom. The molecule has 0 spiro atoms. The maximum Gasteiger partial charge on any atom is 0.326 e. The number of hydrogen-bond acceptors (Lipinski definition) is 8. The third kappa shape index (κ3) is 9.11. The zero-order valence-corrected chi connectivity index (χ0v) is 33.9. The topological polar surface area (TPSA) is 159 Å². The highest BCUT2D eigenvalue weighted by molar-refractivity contribution is 6.42. The zero-order valence-electron chi connectivity index (χ0n) is 32.4. The predicted octanol–water partition coefficient (Wildman–Crippen LogP) is 8.13. The summed E-state index contributed by atoms with van der Waals surface area (Å²) < 4.78 is 12.3. The Hall–Kier alpha value is -7.00. The van der Waals surface area contributed by atoms with Gasteiger partial charge in [-0.2, -0.15) is 5.26 Å². The smallest absolute Gasteiger partial charge is 0.326 e. The summed E-state index contributed by atoms with van der Waals surface area (Å²) in [5.74, 6) is -1.33. The molecular formula is C48H36Cl2N4O7. The van der Waals surface area contributed by atoms with E-state index in [-0.39, 0.29) is 38.2 Å². The number of fused-ring (bicyclic) bond motifs is 2. The standard InChI is InChI=1S/C48H36Cl2N4O7/c49-39-14-5-30(19-40(39)50)27-60-38-12-10-33(11-13-38)45-43(55)23-36-21-35-22-42(54(26-37(35)24-44(36)61-45)47(57)34-15-17-52-18-16-34)46(56)53-41(48(58)59)20-28-1-6-31(7-2-28)32-8-3-29(25-51)4-9-32/h1-19,21,24,41-42,45H,20,22-23,26-27H2,(H,53,56)(H,58,59)/t41-,42-,45?/m0/s1. The van der Waals surface area contributed by atoms with Gasteiger partial charge in [-0.25, -0.2) is 4.79 Å². The molecule has 0 bridgehead atoms. The largest absolute Gasteiger partial charge is 0.489 e. The number of rotatable bonds is 11. The van der Waals surface area contributed by atoms with Crippen molar-refractivity contribution in [3.8, 4) is 28.7 Å². The van der Waals surface area contributed by atoms with Gasteiger partial charge in [0.25, 0.3) is 5.91 Å².